The minimum Gasteiger partial charge on any atom is -0.258 e. The Morgan fingerprint density at radius 2 is 1.53 bits per heavy atom. The van der Waals surface area contributed by atoms with Crippen molar-refractivity contribution in [2.45, 2.75) is 29.5 Å². The van der Waals surface area contributed by atoms with Crippen LogP contribution in [0.15, 0.2) is 88.9 Å². The van der Waals surface area contributed by atoms with Gasteiger partial charge in [0.15, 0.2) is 0 Å². The van der Waals surface area contributed by atoms with E-state index in [-0.39, 0.29) is 0 Å². The Balaban J connectivity index is 1.73. The Hall–Kier alpha value is -2.87. The lowest BCUT2D eigenvalue weighted by molar-refractivity contribution is -0.249. The maximum absolute atomic E-state index is 14.1. The fourth-order valence-electron chi connectivity index (χ4n) is 3.65. The van der Waals surface area contributed by atoms with Gasteiger partial charge in [-0.05, 0) is 53.3 Å². The second-order valence-electron chi connectivity index (χ2n) is 7.37. The lowest BCUT2D eigenvalue weighted by Crippen LogP contribution is -2.43. The Labute approximate surface area is 186 Å². The molecule has 0 radical (unpaired) electrons. The first kappa shape index (κ1) is 22.3. The number of hydrazone groups is 1. The van der Waals surface area contributed by atoms with Crippen LogP contribution in [0.3, 0.4) is 0 Å². The average Bonchev–Trinajstić information content (AvgIpc) is 3.25. The van der Waals surface area contributed by atoms with Crippen molar-refractivity contribution in [3.8, 4) is 11.1 Å². The molecule has 3 aromatic carbocycles. The second kappa shape index (κ2) is 8.58. The lowest BCUT2D eigenvalue weighted by Gasteiger charge is -2.24. The molecule has 3 aromatic rings. The summed E-state index contributed by atoms with van der Waals surface area (Å²) in [6, 6.07) is 22.7. The molecule has 0 bridgehead atoms. The molecule has 1 atom stereocenters. The number of para-hydroxylation sites is 1. The highest BCUT2D eigenvalue weighted by atomic mass is 32.2. The topological polar surface area (TPSA) is 15.6 Å². The summed E-state index contributed by atoms with van der Waals surface area (Å²) < 4.78 is 67.4. The molecular formula is C24H19F5N2S. The largest absolute Gasteiger partial charge is 0.459 e. The summed E-state index contributed by atoms with van der Waals surface area (Å²) >= 11 is 1.61. The molecular weight excluding hydrogens is 443 g/mol. The molecule has 32 heavy (non-hydrogen) atoms. The molecule has 1 aliphatic rings. The highest BCUT2D eigenvalue weighted by Gasteiger charge is 2.62. The van der Waals surface area contributed by atoms with E-state index in [9.17, 15) is 22.0 Å². The first-order valence-electron chi connectivity index (χ1n) is 9.82. The minimum atomic E-state index is -5.70. The molecule has 0 N–H and O–H groups in total. The first-order chi connectivity index (χ1) is 15.2. The third kappa shape index (κ3) is 4.24. The minimum absolute atomic E-state index is 0.445. The summed E-state index contributed by atoms with van der Waals surface area (Å²) in [4.78, 5) is 1.10. The predicted molar refractivity (Wildman–Crippen MR) is 118 cm³/mol. The van der Waals surface area contributed by atoms with Crippen molar-refractivity contribution >= 4 is 23.2 Å². The van der Waals surface area contributed by atoms with Crippen LogP contribution in [-0.4, -0.2) is 24.1 Å². The van der Waals surface area contributed by atoms with Crippen LogP contribution in [0.1, 0.15) is 18.0 Å². The Bertz CT molecular complexity index is 1110. The van der Waals surface area contributed by atoms with Crippen LogP contribution in [0.25, 0.3) is 11.1 Å². The second-order valence-corrected chi connectivity index (χ2v) is 8.25. The monoisotopic (exact) mass is 462 g/mol. The fourth-order valence-corrected chi connectivity index (χ4v) is 4.06. The van der Waals surface area contributed by atoms with Gasteiger partial charge in [-0.1, -0.05) is 48.5 Å². The molecule has 166 valence electrons. The number of hydrogen-bond donors (Lipinski definition) is 0. The summed E-state index contributed by atoms with van der Waals surface area (Å²) in [5.74, 6) is -5.00. The third-order valence-electron chi connectivity index (χ3n) is 5.34. The van der Waals surface area contributed by atoms with Gasteiger partial charge in [0.1, 0.15) is 5.71 Å². The lowest BCUT2D eigenvalue weighted by atomic mass is 9.95. The molecule has 4 rings (SSSR count). The van der Waals surface area contributed by atoms with Crippen LogP contribution in [0.2, 0.25) is 0 Å². The van der Waals surface area contributed by atoms with Crippen LogP contribution in [0, 0.1) is 0 Å². The van der Waals surface area contributed by atoms with Gasteiger partial charge in [0.05, 0.1) is 11.7 Å². The molecule has 8 heteroatoms. The van der Waals surface area contributed by atoms with E-state index in [1.165, 1.54) is 5.01 Å². The molecule has 1 unspecified atom stereocenters. The van der Waals surface area contributed by atoms with Gasteiger partial charge < -0.3 is 0 Å². The van der Waals surface area contributed by atoms with E-state index < -0.39 is 30.3 Å². The van der Waals surface area contributed by atoms with Crippen molar-refractivity contribution < 1.29 is 22.0 Å². The van der Waals surface area contributed by atoms with Crippen LogP contribution >= 0.6 is 11.8 Å². The van der Waals surface area contributed by atoms with E-state index in [0.29, 0.717) is 11.3 Å². The highest BCUT2D eigenvalue weighted by molar-refractivity contribution is 7.98. The smallest absolute Gasteiger partial charge is 0.258 e. The summed E-state index contributed by atoms with van der Waals surface area (Å²) in [7, 11) is 0. The zero-order valence-corrected chi connectivity index (χ0v) is 17.8. The van der Waals surface area contributed by atoms with Gasteiger partial charge in [0.25, 0.3) is 0 Å². The van der Waals surface area contributed by atoms with E-state index in [0.717, 1.165) is 16.0 Å². The van der Waals surface area contributed by atoms with E-state index in [2.05, 4.69) is 5.10 Å². The van der Waals surface area contributed by atoms with Gasteiger partial charge in [-0.3, -0.25) is 5.01 Å². The first-order valence-corrected chi connectivity index (χ1v) is 11.0. The van der Waals surface area contributed by atoms with Gasteiger partial charge in [-0.2, -0.15) is 27.1 Å². The standard InChI is InChI=1S/C24H19F5N2S/c1-32-20-12-10-16(11-13-20)17-6-5-7-18(14-17)21-15-22(23(25,26)24(27,28)29)30-31(21)19-8-3-2-4-9-19/h2-14,21H,15H2,1H3. The molecule has 0 spiro atoms. The van der Waals surface area contributed by atoms with E-state index >= 15 is 0 Å². The number of halogens is 5. The van der Waals surface area contributed by atoms with Crippen molar-refractivity contribution in [3.63, 3.8) is 0 Å². The molecule has 2 nitrogen and oxygen atoms in total. The van der Waals surface area contributed by atoms with Gasteiger partial charge in [0.2, 0.25) is 0 Å². The quantitative estimate of drug-likeness (QED) is 0.287. The molecule has 0 saturated carbocycles. The van der Waals surface area contributed by atoms with Crippen molar-refractivity contribution in [2.75, 3.05) is 11.3 Å². The molecule has 1 heterocycles. The van der Waals surface area contributed by atoms with Gasteiger partial charge in [0, 0.05) is 11.3 Å². The van der Waals surface area contributed by atoms with Gasteiger partial charge in [-0.15, -0.1) is 11.8 Å². The number of rotatable bonds is 5. The summed E-state index contributed by atoms with van der Waals surface area (Å²) in [6.45, 7) is 0. The van der Waals surface area contributed by atoms with E-state index in [1.807, 2.05) is 42.7 Å². The van der Waals surface area contributed by atoms with Crippen molar-refractivity contribution in [1.82, 2.24) is 0 Å². The maximum atomic E-state index is 14.1. The number of nitrogens with zero attached hydrogens (tertiary/aromatic N) is 2. The molecule has 0 aromatic heterocycles. The zero-order chi connectivity index (χ0) is 22.9. The highest BCUT2D eigenvalue weighted by Crippen LogP contribution is 2.44. The number of thioether (sulfide) groups is 1. The zero-order valence-electron chi connectivity index (χ0n) is 17.0. The van der Waals surface area contributed by atoms with Crippen LogP contribution < -0.4 is 5.01 Å². The van der Waals surface area contributed by atoms with Crippen LogP contribution in [-0.2, 0) is 0 Å². The average molecular weight is 462 g/mol. The van der Waals surface area contributed by atoms with Crippen molar-refractivity contribution in [2.24, 2.45) is 5.10 Å². The SMILES string of the molecule is CSc1ccc(-c2cccc(C3CC(C(F)(F)C(F)(F)F)=NN3c3ccccc3)c2)cc1. The Morgan fingerprint density at radius 3 is 2.16 bits per heavy atom. The normalized spacial score (nSPS) is 16.9. The molecule has 0 fully saturated rings. The van der Waals surface area contributed by atoms with Crippen molar-refractivity contribution in [1.29, 1.82) is 0 Å². The third-order valence-corrected chi connectivity index (χ3v) is 6.09. The fraction of sp³-hybridized carbons (Fsp3) is 0.208. The summed E-state index contributed by atoms with van der Waals surface area (Å²) in [5.41, 5.74) is 1.64. The number of hydrogen-bond acceptors (Lipinski definition) is 3. The van der Waals surface area contributed by atoms with Crippen LogP contribution in [0.5, 0.6) is 0 Å². The molecule has 0 amide bonds. The van der Waals surface area contributed by atoms with E-state index in [1.54, 1.807) is 54.2 Å². The molecule has 1 aliphatic heterocycles. The van der Waals surface area contributed by atoms with E-state index in [4.69, 9.17) is 0 Å². The maximum Gasteiger partial charge on any atom is 0.459 e. The van der Waals surface area contributed by atoms with Gasteiger partial charge >= 0.3 is 12.1 Å². The predicted octanol–water partition coefficient (Wildman–Crippen LogP) is 7.58. The van der Waals surface area contributed by atoms with Gasteiger partial charge in [-0.25, -0.2) is 0 Å². The summed E-state index contributed by atoms with van der Waals surface area (Å²) in [6.07, 6.45) is -4.26. The number of benzene rings is 3. The number of alkyl halides is 5. The van der Waals surface area contributed by atoms with Crippen molar-refractivity contribution in [3.05, 3.63) is 84.4 Å². The molecule has 0 saturated heterocycles. The Kier molecular flexibility index (Phi) is 5.99. The molecule has 0 aliphatic carbocycles. The Morgan fingerprint density at radius 1 is 0.844 bits per heavy atom. The summed E-state index contributed by atoms with van der Waals surface area (Å²) in [5, 5.41) is 5.01. The number of anilines is 1. The van der Waals surface area contributed by atoms with Crippen LogP contribution in [0.4, 0.5) is 27.6 Å².